The smallest absolute Gasteiger partial charge is 0.305 e. The SMILES string of the molecule is CCC(=O)NCc1ccc(C(=O)N(C)CCC(=O)O)cc1. The summed E-state index contributed by atoms with van der Waals surface area (Å²) in [6.07, 6.45) is 0.355. The lowest BCUT2D eigenvalue weighted by Crippen LogP contribution is -2.29. The third-order valence-corrected chi connectivity index (χ3v) is 3.02. The molecule has 0 bridgehead atoms. The number of nitrogens with zero attached hydrogens (tertiary/aromatic N) is 1. The average molecular weight is 292 g/mol. The zero-order chi connectivity index (χ0) is 15.8. The average Bonchev–Trinajstić information content (AvgIpc) is 2.49. The van der Waals surface area contributed by atoms with Gasteiger partial charge in [0, 0.05) is 32.1 Å². The minimum atomic E-state index is -0.934. The Labute approximate surface area is 123 Å². The fraction of sp³-hybridized carbons (Fsp3) is 0.400. The van der Waals surface area contributed by atoms with Gasteiger partial charge in [-0.3, -0.25) is 14.4 Å². The Bertz CT molecular complexity index is 511. The second-order valence-electron chi connectivity index (χ2n) is 4.70. The van der Waals surface area contributed by atoms with E-state index in [1.54, 1.807) is 38.2 Å². The molecule has 2 amide bonds. The van der Waals surface area contributed by atoms with E-state index in [9.17, 15) is 14.4 Å². The highest BCUT2D eigenvalue weighted by molar-refractivity contribution is 5.94. The first kappa shape index (κ1) is 16.7. The van der Waals surface area contributed by atoms with Gasteiger partial charge in [-0.2, -0.15) is 0 Å². The van der Waals surface area contributed by atoms with Crippen LogP contribution in [0.25, 0.3) is 0 Å². The second-order valence-corrected chi connectivity index (χ2v) is 4.70. The number of carboxylic acid groups (broad SMARTS) is 1. The number of nitrogens with one attached hydrogen (secondary N) is 1. The summed E-state index contributed by atoms with van der Waals surface area (Å²) in [6.45, 7) is 2.38. The molecule has 0 unspecified atom stereocenters. The molecule has 1 aromatic carbocycles. The molecule has 114 valence electrons. The van der Waals surface area contributed by atoms with Crippen LogP contribution in [0.2, 0.25) is 0 Å². The summed E-state index contributed by atoms with van der Waals surface area (Å²) in [5.74, 6) is -1.18. The summed E-state index contributed by atoms with van der Waals surface area (Å²) in [6, 6.07) is 6.89. The molecule has 0 fully saturated rings. The van der Waals surface area contributed by atoms with Crippen molar-refractivity contribution in [1.29, 1.82) is 0 Å². The molecule has 0 atom stereocenters. The topological polar surface area (TPSA) is 86.7 Å². The molecule has 21 heavy (non-hydrogen) atoms. The van der Waals surface area contributed by atoms with Crippen molar-refractivity contribution < 1.29 is 19.5 Å². The van der Waals surface area contributed by atoms with E-state index in [-0.39, 0.29) is 24.8 Å². The number of carboxylic acids is 1. The maximum atomic E-state index is 12.0. The van der Waals surface area contributed by atoms with E-state index >= 15 is 0 Å². The predicted octanol–water partition coefficient (Wildman–Crippen LogP) is 1.26. The van der Waals surface area contributed by atoms with Crippen LogP contribution in [0.1, 0.15) is 35.7 Å². The van der Waals surface area contributed by atoms with Gasteiger partial charge in [-0.05, 0) is 17.7 Å². The summed E-state index contributed by atoms with van der Waals surface area (Å²) in [5, 5.41) is 11.4. The molecule has 1 aromatic rings. The standard InChI is InChI=1S/C15H20N2O4/c1-3-13(18)16-10-11-4-6-12(7-5-11)15(21)17(2)9-8-14(19)20/h4-7H,3,8-10H2,1-2H3,(H,16,18)(H,19,20). The van der Waals surface area contributed by atoms with Gasteiger partial charge in [-0.1, -0.05) is 19.1 Å². The lowest BCUT2D eigenvalue weighted by atomic mass is 10.1. The lowest BCUT2D eigenvalue weighted by Gasteiger charge is -2.16. The van der Waals surface area contributed by atoms with Crippen molar-refractivity contribution in [2.24, 2.45) is 0 Å². The Morgan fingerprint density at radius 1 is 1.19 bits per heavy atom. The molecule has 0 aliphatic heterocycles. The van der Waals surface area contributed by atoms with Crippen molar-refractivity contribution in [3.8, 4) is 0 Å². The van der Waals surface area contributed by atoms with E-state index in [0.29, 0.717) is 18.5 Å². The summed E-state index contributed by atoms with van der Waals surface area (Å²) in [7, 11) is 1.57. The van der Waals surface area contributed by atoms with E-state index in [1.165, 1.54) is 4.90 Å². The second kappa shape index (κ2) is 8.04. The van der Waals surface area contributed by atoms with Crippen LogP contribution in [0.4, 0.5) is 0 Å². The fourth-order valence-corrected chi connectivity index (χ4v) is 1.68. The van der Waals surface area contributed by atoms with Gasteiger partial charge >= 0.3 is 5.97 Å². The number of hydrogen-bond donors (Lipinski definition) is 2. The van der Waals surface area contributed by atoms with Gasteiger partial charge in [0.05, 0.1) is 6.42 Å². The van der Waals surface area contributed by atoms with Gasteiger partial charge in [0.15, 0.2) is 0 Å². The molecule has 0 saturated heterocycles. The van der Waals surface area contributed by atoms with Gasteiger partial charge in [-0.25, -0.2) is 0 Å². The van der Waals surface area contributed by atoms with Crippen molar-refractivity contribution in [3.63, 3.8) is 0 Å². The Balaban J connectivity index is 2.58. The van der Waals surface area contributed by atoms with Gasteiger partial charge in [0.2, 0.25) is 5.91 Å². The van der Waals surface area contributed by atoms with Crippen LogP contribution in [0, 0.1) is 0 Å². The first-order chi connectivity index (χ1) is 9.93. The van der Waals surface area contributed by atoms with Crippen LogP contribution < -0.4 is 5.32 Å². The maximum Gasteiger partial charge on any atom is 0.305 e. The normalized spacial score (nSPS) is 10.0. The van der Waals surface area contributed by atoms with E-state index in [1.807, 2.05) is 0 Å². The summed E-state index contributed by atoms with van der Waals surface area (Å²) >= 11 is 0. The van der Waals surface area contributed by atoms with E-state index < -0.39 is 5.97 Å². The van der Waals surface area contributed by atoms with E-state index in [0.717, 1.165) is 5.56 Å². The van der Waals surface area contributed by atoms with Crippen molar-refractivity contribution in [2.45, 2.75) is 26.3 Å². The molecule has 6 heteroatoms. The number of hydrogen-bond acceptors (Lipinski definition) is 3. The van der Waals surface area contributed by atoms with E-state index in [4.69, 9.17) is 5.11 Å². The summed E-state index contributed by atoms with van der Waals surface area (Å²) in [5.41, 5.74) is 1.40. The minimum absolute atomic E-state index is 0.0245. The van der Waals surface area contributed by atoms with Gasteiger partial charge in [-0.15, -0.1) is 0 Å². The van der Waals surface area contributed by atoms with Crippen LogP contribution >= 0.6 is 0 Å². The number of carbonyl (C=O) groups excluding carboxylic acids is 2. The van der Waals surface area contributed by atoms with Crippen molar-refractivity contribution in [1.82, 2.24) is 10.2 Å². The lowest BCUT2D eigenvalue weighted by molar-refractivity contribution is -0.137. The molecule has 0 aromatic heterocycles. The van der Waals surface area contributed by atoms with Crippen LogP contribution in [0.15, 0.2) is 24.3 Å². The first-order valence-electron chi connectivity index (χ1n) is 6.77. The Morgan fingerprint density at radius 3 is 2.33 bits per heavy atom. The maximum absolute atomic E-state index is 12.0. The molecule has 0 aliphatic rings. The van der Waals surface area contributed by atoms with Crippen molar-refractivity contribution >= 4 is 17.8 Å². The molecule has 2 N–H and O–H groups in total. The number of benzene rings is 1. The van der Waals surface area contributed by atoms with Gasteiger partial charge in [0.25, 0.3) is 5.91 Å². The number of carbonyl (C=O) groups is 3. The summed E-state index contributed by atoms with van der Waals surface area (Å²) in [4.78, 5) is 35.1. The third kappa shape index (κ3) is 5.64. The minimum Gasteiger partial charge on any atom is -0.481 e. The summed E-state index contributed by atoms with van der Waals surface area (Å²) < 4.78 is 0. The first-order valence-corrected chi connectivity index (χ1v) is 6.77. The number of rotatable bonds is 7. The predicted molar refractivity (Wildman–Crippen MR) is 77.8 cm³/mol. The van der Waals surface area contributed by atoms with Gasteiger partial charge in [0.1, 0.15) is 0 Å². The highest BCUT2D eigenvalue weighted by atomic mass is 16.4. The molecule has 0 spiro atoms. The molecular weight excluding hydrogens is 272 g/mol. The Morgan fingerprint density at radius 2 is 1.81 bits per heavy atom. The van der Waals surface area contributed by atoms with Crippen LogP contribution in [-0.4, -0.2) is 41.4 Å². The monoisotopic (exact) mass is 292 g/mol. The zero-order valence-corrected chi connectivity index (χ0v) is 12.3. The van der Waals surface area contributed by atoms with E-state index in [2.05, 4.69) is 5.32 Å². The Hall–Kier alpha value is -2.37. The van der Waals surface area contributed by atoms with Gasteiger partial charge < -0.3 is 15.3 Å². The number of aliphatic carboxylic acids is 1. The number of amides is 2. The van der Waals surface area contributed by atoms with Crippen LogP contribution in [-0.2, 0) is 16.1 Å². The quantitative estimate of drug-likeness (QED) is 0.792. The fourth-order valence-electron chi connectivity index (χ4n) is 1.68. The van der Waals surface area contributed by atoms with Crippen LogP contribution in [0.3, 0.4) is 0 Å². The molecule has 0 saturated carbocycles. The highest BCUT2D eigenvalue weighted by Crippen LogP contribution is 2.07. The third-order valence-electron chi connectivity index (χ3n) is 3.02. The Kier molecular flexibility index (Phi) is 6.39. The molecular formula is C15H20N2O4. The highest BCUT2D eigenvalue weighted by Gasteiger charge is 2.12. The molecule has 6 nitrogen and oxygen atoms in total. The van der Waals surface area contributed by atoms with Crippen molar-refractivity contribution in [2.75, 3.05) is 13.6 Å². The molecule has 0 heterocycles. The molecule has 0 radical (unpaired) electrons. The van der Waals surface area contributed by atoms with Crippen LogP contribution in [0.5, 0.6) is 0 Å². The molecule has 0 aliphatic carbocycles. The largest absolute Gasteiger partial charge is 0.481 e. The zero-order valence-electron chi connectivity index (χ0n) is 12.3. The molecule has 1 rings (SSSR count). The van der Waals surface area contributed by atoms with Crippen molar-refractivity contribution in [3.05, 3.63) is 35.4 Å².